The Kier molecular flexibility index (Phi) is 2.73. The van der Waals surface area contributed by atoms with Crippen LogP contribution in [0.1, 0.15) is 6.92 Å². The molecule has 12 heavy (non-hydrogen) atoms. The molecule has 0 bridgehead atoms. The second kappa shape index (κ2) is 3.60. The minimum absolute atomic E-state index is 0.325. The van der Waals surface area contributed by atoms with Crippen LogP contribution in [0.3, 0.4) is 0 Å². The van der Waals surface area contributed by atoms with E-state index in [4.69, 9.17) is 4.74 Å². The lowest BCUT2D eigenvalue weighted by molar-refractivity contribution is -0.119. The third kappa shape index (κ3) is 1.60. The van der Waals surface area contributed by atoms with Crippen LogP contribution in [0.5, 0.6) is 0 Å². The van der Waals surface area contributed by atoms with Gasteiger partial charge in [-0.15, -0.1) is 0 Å². The Labute approximate surface area is 70.6 Å². The number of nitrogens with zero attached hydrogens (tertiary/aromatic N) is 1. The monoisotopic (exact) mass is 169 g/mol. The number of ketones is 1. The normalized spacial score (nSPS) is 25.4. The van der Waals surface area contributed by atoms with Gasteiger partial charge in [-0.3, -0.25) is 9.79 Å². The van der Waals surface area contributed by atoms with Crippen molar-refractivity contribution < 1.29 is 14.6 Å². The van der Waals surface area contributed by atoms with Crippen molar-refractivity contribution in [2.45, 2.75) is 19.1 Å². The van der Waals surface area contributed by atoms with Crippen LogP contribution in [0, 0.1) is 0 Å². The standard InChI is InChI=1S/C8H11NO3/c1-5(12-2)7-8(11)6(10)3-4-9-7/h3-5,8,11H,1-2H3. The SMILES string of the molecule is COC(C)C1=NC=CC(=O)C1O. The second-order valence-corrected chi connectivity index (χ2v) is 2.55. The van der Waals surface area contributed by atoms with Crippen LogP contribution >= 0.6 is 0 Å². The van der Waals surface area contributed by atoms with Gasteiger partial charge in [-0.05, 0) is 6.92 Å². The lowest BCUT2D eigenvalue weighted by atomic mass is 10.0. The molecule has 0 aliphatic carbocycles. The Morgan fingerprint density at radius 3 is 3.00 bits per heavy atom. The van der Waals surface area contributed by atoms with Gasteiger partial charge in [-0.2, -0.15) is 0 Å². The molecule has 1 rings (SSSR count). The third-order valence-corrected chi connectivity index (χ3v) is 1.78. The van der Waals surface area contributed by atoms with Gasteiger partial charge in [0.25, 0.3) is 0 Å². The Morgan fingerprint density at radius 2 is 2.42 bits per heavy atom. The molecule has 0 saturated heterocycles. The number of carbonyl (C=O) groups is 1. The first-order valence-electron chi connectivity index (χ1n) is 3.65. The zero-order chi connectivity index (χ0) is 9.14. The van der Waals surface area contributed by atoms with Gasteiger partial charge in [0.15, 0.2) is 11.9 Å². The number of aliphatic hydroxyl groups is 1. The topological polar surface area (TPSA) is 58.9 Å². The highest BCUT2D eigenvalue weighted by atomic mass is 16.5. The van der Waals surface area contributed by atoms with Crippen LogP contribution in [0.15, 0.2) is 17.3 Å². The minimum Gasteiger partial charge on any atom is -0.379 e. The Balaban J connectivity index is 2.82. The van der Waals surface area contributed by atoms with E-state index in [1.807, 2.05) is 0 Å². The average molecular weight is 169 g/mol. The quantitative estimate of drug-likeness (QED) is 0.629. The van der Waals surface area contributed by atoms with Gasteiger partial charge < -0.3 is 9.84 Å². The summed E-state index contributed by atoms with van der Waals surface area (Å²) in [5, 5.41) is 9.33. The first-order chi connectivity index (χ1) is 5.66. The van der Waals surface area contributed by atoms with Crippen LogP contribution in [0.2, 0.25) is 0 Å². The van der Waals surface area contributed by atoms with Crippen molar-refractivity contribution in [3.8, 4) is 0 Å². The van der Waals surface area contributed by atoms with Gasteiger partial charge in [0.2, 0.25) is 0 Å². The van der Waals surface area contributed by atoms with Gasteiger partial charge in [-0.25, -0.2) is 0 Å². The zero-order valence-electron chi connectivity index (χ0n) is 7.02. The summed E-state index contributed by atoms with van der Waals surface area (Å²) < 4.78 is 4.93. The molecule has 66 valence electrons. The van der Waals surface area contributed by atoms with Crippen LogP contribution in [-0.2, 0) is 9.53 Å². The molecule has 1 N–H and O–H groups in total. The van der Waals surface area contributed by atoms with Crippen molar-refractivity contribution in [2.24, 2.45) is 4.99 Å². The predicted octanol–water partition coefficient (Wildman–Crippen LogP) is -0.0804. The van der Waals surface area contributed by atoms with Gasteiger partial charge in [0, 0.05) is 19.4 Å². The fraction of sp³-hybridized carbons (Fsp3) is 0.500. The summed E-state index contributed by atoms with van der Waals surface area (Å²) >= 11 is 0. The Bertz CT molecular complexity index is 245. The van der Waals surface area contributed by atoms with Crippen LogP contribution in [0.4, 0.5) is 0 Å². The van der Waals surface area contributed by atoms with Crippen molar-refractivity contribution in [1.82, 2.24) is 0 Å². The third-order valence-electron chi connectivity index (χ3n) is 1.78. The van der Waals surface area contributed by atoms with E-state index in [-0.39, 0.29) is 11.9 Å². The summed E-state index contributed by atoms with van der Waals surface area (Å²) in [5.74, 6) is -0.344. The summed E-state index contributed by atoms with van der Waals surface area (Å²) in [6, 6.07) is 0. The summed E-state index contributed by atoms with van der Waals surface area (Å²) in [5.41, 5.74) is 0.366. The number of aliphatic imine (C=N–C) groups is 1. The molecule has 0 spiro atoms. The van der Waals surface area contributed by atoms with E-state index in [0.717, 1.165) is 0 Å². The van der Waals surface area contributed by atoms with E-state index >= 15 is 0 Å². The molecule has 0 radical (unpaired) electrons. The van der Waals surface area contributed by atoms with Crippen molar-refractivity contribution in [2.75, 3.05) is 7.11 Å². The second-order valence-electron chi connectivity index (χ2n) is 2.55. The number of ether oxygens (including phenoxy) is 1. The Hall–Kier alpha value is -1.00. The van der Waals surface area contributed by atoms with Crippen molar-refractivity contribution >= 4 is 11.5 Å². The maximum Gasteiger partial charge on any atom is 0.191 e. The number of rotatable bonds is 2. The lowest BCUT2D eigenvalue weighted by Crippen LogP contribution is -2.38. The fourth-order valence-corrected chi connectivity index (χ4v) is 0.952. The van der Waals surface area contributed by atoms with Crippen molar-refractivity contribution in [3.63, 3.8) is 0 Å². The molecule has 0 amide bonds. The summed E-state index contributed by atoms with van der Waals surface area (Å²) in [4.78, 5) is 14.8. The highest BCUT2D eigenvalue weighted by molar-refractivity contribution is 6.15. The first kappa shape index (κ1) is 9.09. The highest BCUT2D eigenvalue weighted by Crippen LogP contribution is 2.06. The Morgan fingerprint density at radius 1 is 1.75 bits per heavy atom. The molecule has 0 fully saturated rings. The first-order valence-corrected chi connectivity index (χ1v) is 3.65. The molecule has 0 saturated carbocycles. The number of hydrogen-bond acceptors (Lipinski definition) is 4. The molecule has 4 heteroatoms. The smallest absolute Gasteiger partial charge is 0.191 e. The number of carbonyl (C=O) groups excluding carboxylic acids is 1. The minimum atomic E-state index is -1.13. The molecule has 2 atom stereocenters. The van der Waals surface area contributed by atoms with E-state index in [1.54, 1.807) is 6.92 Å². The predicted molar refractivity (Wildman–Crippen MR) is 44.1 cm³/mol. The van der Waals surface area contributed by atoms with Crippen LogP contribution in [0.25, 0.3) is 0 Å². The fourth-order valence-electron chi connectivity index (χ4n) is 0.952. The summed E-state index contributed by atoms with van der Waals surface area (Å²) in [6.45, 7) is 1.73. The van der Waals surface area contributed by atoms with Crippen molar-refractivity contribution in [3.05, 3.63) is 12.3 Å². The van der Waals surface area contributed by atoms with Crippen LogP contribution < -0.4 is 0 Å². The van der Waals surface area contributed by atoms with E-state index in [1.165, 1.54) is 19.4 Å². The molecule has 0 aromatic carbocycles. The number of hydrogen-bond donors (Lipinski definition) is 1. The van der Waals surface area contributed by atoms with E-state index < -0.39 is 6.10 Å². The largest absolute Gasteiger partial charge is 0.379 e. The van der Waals surface area contributed by atoms with E-state index in [9.17, 15) is 9.90 Å². The molecule has 1 aliphatic rings. The van der Waals surface area contributed by atoms with Gasteiger partial charge in [0.1, 0.15) is 0 Å². The molecule has 4 nitrogen and oxygen atoms in total. The molecule has 1 aliphatic heterocycles. The zero-order valence-corrected chi connectivity index (χ0v) is 7.02. The number of methoxy groups -OCH3 is 1. The molecular weight excluding hydrogens is 158 g/mol. The van der Waals surface area contributed by atoms with Gasteiger partial charge >= 0.3 is 0 Å². The number of aliphatic hydroxyl groups excluding tert-OH is 1. The maximum absolute atomic E-state index is 11.0. The van der Waals surface area contributed by atoms with Gasteiger partial charge in [-0.1, -0.05) is 0 Å². The summed E-state index contributed by atoms with van der Waals surface area (Å²) in [7, 11) is 1.50. The molecule has 0 aromatic rings. The van der Waals surface area contributed by atoms with Crippen molar-refractivity contribution in [1.29, 1.82) is 0 Å². The van der Waals surface area contributed by atoms with E-state index in [2.05, 4.69) is 4.99 Å². The summed E-state index contributed by atoms with van der Waals surface area (Å²) in [6.07, 6.45) is 1.16. The van der Waals surface area contributed by atoms with E-state index in [0.29, 0.717) is 5.71 Å². The lowest BCUT2D eigenvalue weighted by Gasteiger charge is -2.18. The molecular formula is C8H11NO3. The highest BCUT2D eigenvalue weighted by Gasteiger charge is 2.25. The molecule has 2 unspecified atom stereocenters. The average Bonchev–Trinajstić information content (AvgIpc) is 2.08. The van der Waals surface area contributed by atoms with Gasteiger partial charge in [0.05, 0.1) is 11.8 Å². The maximum atomic E-state index is 11.0. The molecule has 1 heterocycles. The van der Waals surface area contributed by atoms with Crippen LogP contribution in [-0.4, -0.2) is 35.9 Å². The molecule has 0 aromatic heterocycles.